The minimum atomic E-state index is -3.56. The van der Waals surface area contributed by atoms with Crippen LogP contribution in [0.2, 0.25) is 0 Å². The van der Waals surface area contributed by atoms with E-state index < -0.39 is 22.0 Å². The van der Waals surface area contributed by atoms with Gasteiger partial charge in [-0.15, -0.1) is 0 Å². The molecule has 1 aromatic carbocycles. The fourth-order valence-corrected chi connectivity index (χ4v) is 3.98. The number of carbonyl (C=O) groups is 2. The molecule has 10 heteroatoms. The van der Waals surface area contributed by atoms with E-state index in [1.807, 2.05) is 0 Å². The number of benzene rings is 1. The third-order valence-corrected chi connectivity index (χ3v) is 5.86. The average Bonchev–Trinajstić information content (AvgIpc) is 3.07. The molecule has 0 saturated carbocycles. The number of nitrogens with one attached hydrogen (secondary N) is 1. The van der Waals surface area contributed by atoms with E-state index in [1.54, 1.807) is 0 Å². The standard InChI is InChI=1S/C15H19N3O6S/c19-14(18-6-5-16-15(18)20)11-24-12-1-3-13(4-2-12)25(21,22)17-7-9-23-10-8-17/h1-4H,5-11H2,(H,16,20). The second-order valence-corrected chi connectivity index (χ2v) is 7.49. The quantitative estimate of drug-likeness (QED) is 0.760. The molecule has 3 amide bonds. The van der Waals surface area contributed by atoms with Gasteiger partial charge in [-0.25, -0.2) is 13.2 Å². The SMILES string of the molecule is O=C(COc1ccc(S(=O)(=O)N2CCOCC2)cc1)N1CCNC1=O. The highest BCUT2D eigenvalue weighted by molar-refractivity contribution is 7.89. The molecule has 2 fully saturated rings. The summed E-state index contributed by atoms with van der Waals surface area (Å²) in [6.45, 7) is 1.87. The van der Waals surface area contributed by atoms with Gasteiger partial charge in [-0.05, 0) is 24.3 Å². The molecule has 0 atom stereocenters. The zero-order valence-electron chi connectivity index (χ0n) is 13.5. The topological polar surface area (TPSA) is 105 Å². The van der Waals surface area contributed by atoms with Crippen LogP contribution in [0.25, 0.3) is 0 Å². The van der Waals surface area contributed by atoms with Gasteiger partial charge in [0.15, 0.2) is 6.61 Å². The third kappa shape index (κ3) is 3.91. The molecule has 2 heterocycles. The highest BCUT2D eigenvalue weighted by Crippen LogP contribution is 2.20. The summed E-state index contributed by atoms with van der Waals surface area (Å²) in [5.74, 6) is -0.0890. The monoisotopic (exact) mass is 369 g/mol. The van der Waals surface area contributed by atoms with E-state index in [0.29, 0.717) is 45.1 Å². The van der Waals surface area contributed by atoms with Crippen LogP contribution in [0.1, 0.15) is 0 Å². The Bertz CT molecular complexity index is 743. The van der Waals surface area contributed by atoms with Gasteiger partial charge < -0.3 is 14.8 Å². The molecule has 0 aromatic heterocycles. The first-order valence-electron chi connectivity index (χ1n) is 7.87. The summed E-state index contributed by atoms with van der Waals surface area (Å²) in [6, 6.07) is 5.43. The zero-order valence-corrected chi connectivity index (χ0v) is 14.3. The smallest absolute Gasteiger partial charge is 0.324 e. The minimum Gasteiger partial charge on any atom is -0.484 e. The summed E-state index contributed by atoms with van der Waals surface area (Å²) in [4.78, 5) is 24.5. The number of morpholine rings is 1. The molecular weight excluding hydrogens is 350 g/mol. The van der Waals surface area contributed by atoms with Gasteiger partial charge in [0.2, 0.25) is 10.0 Å². The molecule has 2 saturated heterocycles. The summed E-state index contributed by atoms with van der Waals surface area (Å²) in [5, 5.41) is 2.53. The molecule has 2 aliphatic heterocycles. The Hall–Kier alpha value is -2.17. The molecule has 1 N–H and O–H groups in total. The maximum Gasteiger partial charge on any atom is 0.324 e. The van der Waals surface area contributed by atoms with E-state index >= 15 is 0 Å². The Morgan fingerprint density at radius 1 is 1.16 bits per heavy atom. The summed E-state index contributed by atoms with van der Waals surface area (Å²) in [6.07, 6.45) is 0. The fraction of sp³-hybridized carbons (Fsp3) is 0.467. The van der Waals surface area contributed by atoms with E-state index in [1.165, 1.54) is 28.6 Å². The van der Waals surface area contributed by atoms with Crippen molar-refractivity contribution in [2.24, 2.45) is 0 Å². The van der Waals surface area contributed by atoms with Crippen LogP contribution in [0.4, 0.5) is 4.79 Å². The number of imide groups is 1. The lowest BCUT2D eigenvalue weighted by Crippen LogP contribution is -2.40. The van der Waals surface area contributed by atoms with Crippen molar-refractivity contribution in [3.05, 3.63) is 24.3 Å². The van der Waals surface area contributed by atoms with Gasteiger partial charge in [-0.2, -0.15) is 4.31 Å². The number of sulfonamides is 1. The predicted molar refractivity (Wildman–Crippen MR) is 86.6 cm³/mol. The van der Waals surface area contributed by atoms with Crippen molar-refractivity contribution in [3.8, 4) is 5.75 Å². The maximum absolute atomic E-state index is 12.5. The van der Waals surface area contributed by atoms with Gasteiger partial charge in [0.25, 0.3) is 5.91 Å². The number of carbonyl (C=O) groups excluding carboxylic acids is 2. The molecule has 0 bridgehead atoms. The van der Waals surface area contributed by atoms with E-state index in [9.17, 15) is 18.0 Å². The first-order chi connectivity index (χ1) is 12.0. The molecule has 9 nitrogen and oxygen atoms in total. The van der Waals surface area contributed by atoms with Crippen molar-refractivity contribution in [2.75, 3.05) is 46.0 Å². The van der Waals surface area contributed by atoms with Crippen LogP contribution in [0.15, 0.2) is 29.2 Å². The second-order valence-electron chi connectivity index (χ2n) is 5.55. The van der Waals surface area contributed by atoms with Crippen LogP contribution < -0.4 is 10.1 Å². The van der Waals surface area contributed by atoms with Crippen molar-refractivity contribution in [1.29, 1.82) is 0 Å². The Morgan fingerprint density at radius 3 is 2.44 bits per heavy atom. The molecule has 0 spiro atoms. The van der Waals surface area contributed by atoms with Crippen LogP contribution in [-0.2, 0) is 19.6 Å². The molecule has 25 heavy (non-hydrogen) atoms. The van der Waals surface area contributed by atoms with Crippen LogP contribution in [0, 0.1) is 0 Å². The number of rotatable bonds is 5. The Kier molecular flexibility index (Phi) is 5.21. The normalized spacial score (nSPS) is 18.9. The van der Waals surface area contributed by atoms with Crippen molar-refractivity contribution in [2.45, 2.75) is 4.90 Å². The zero-order chi connectivity index (χ0) is 17.9. The largest absolute Gasteiger partial charge is 0.484 e. The van der Waals surface area contributed by atoms with E-state index in [2.05, 4.69) is 5.32 Å². The lowest BCUT2D eigenvalue weighted by Gasteiger charge is -2.26. The lowest BCUT2D eigenvalue weighted by molar-refractivity contribution is -0.129. The fourth-order valence-electron chi connectivity index (χ4n) is 2.58. The summed E-state index contributed by atoms with van der Waals surface area (Å²) >= 11 is 0. The van der Waals surface area contributed by atoms with Crippen molar-refractivity contribution in [3.63, 3.8) is 0 Å². The first kappa shape index (κ1) is 17.6. The second kappa shape index (κ2) is 7.38. The number of hydrogen-bond donors (Lipinski definition) is 1. The van der Waals surface area contributed by atoms with Crippen LogP contribution in [-0.4, -0.2) is 75.6 Å². The number of hydrogen-bond acceptors (Lipinski definition) is 6. The molecule has 0 aliphatic carbocycles. The number of amides is 3. The van der Waals surface area contributed by atoms with Gasteiger partial charge in [0.1, 0.15) is 5.75 Å². The minimum absolute atomic E-state index is 0.159. The third-order valence-electron chi connectivity index (χ3n) is 3.95. The van der Waals surface area contributed by atoms with Crippen LogP contribution in [0.5, 0.6) is 5.75 Å². The Morgan fingerprint density at radius 2 is 1.84 bits per heavy atom. The van der Waals surface area contributed by atoms with Crippen molar-refractivity contribution in [1.82, 2.24) is 14.5 Å². The van der Waals surface area contributed by atoms with Gasteiger partial charge in [-0.3, -0.25) is 9.69 Å². The molecular formula is C15H19N3O6S. The summed E-state index contributed by atoms with van der Waals surface area (Å²) < 4.78 is 36.9. The summed E-state index contributed by atoms with van der Waals surface area (Å²) in [5.41, 5.74) is 0. The Balaban J connectivity index is 1.60. The number of urea groups is 1. The average molecular weight is 369 g/mol. The number of nitrogens with zero attached hydrogens (tertiary/aromatic N) is 2. The van der Waals surface area contributed by atoms with E-state index in [-0.39, 0.29) is 11.5 Å². The van der Waals surface area contributed by atoms with Crippen molar-refractivity contribution < 1.29 is 27.5 Å². The molecule has 2 aliphatic rings. The predicted octanol–water partition coefficient (Wildman–Crippen LogP) is -0.362. The van der Waals surface area contributed by atoms with Crippen LogP contribution >= 0.6 is 0 Å². The maximum atomic E-state index is 12.5. The highest BCUT2D eigenvalue weighted by atomic mass is 32.2. The lowest BCUT2D eigenvalue weighted by atomic mass is 10.3. The summed E-state index contributed by atoms with van der Waals surface area (Å²) in [7, 11) is -3.56. The molecule has 136 valence electrons. The molecule has 0 unspecified atom stereocenters. The van der Waals surface area contributed by atoms with Gasteiger partial charge >= 0.3 is 6.03 Å². The molecule has 0 radical (unpaired) electrons. The van der Waals surface area contributed by atoms with Crippen LogP contribution in [0.3, 0.4) is 0 Å². The molecule has 1 aromatic rings. The van der Waals surface area contributed by atoms with E-state index in [0.717, 1.165) is 4.90 Å². The van der Waals surface area contributed by atoms with Crippen molar-refractivity contribution >= 4 is 22.0 Å². The first-order valence-corrected chi connectivity index (χ1v) is 9.31. The number of ether oxygens (including phenoxy) is 2. The van der Waals surface area contributed by atoms with Gasteiger partial charge in [0, 0.05) is 26.2 Å². The highest BCUT2D eigenvalue weighted by Gasteiger charge is 2.27. The van der Waals surface area contributed by atoms with Gasteiger partial charge in [-0.1, -0.05) is 0 Å². The molecule has 3 rings (SSSR count). The Labute approximate surface area is 145 Å². The van der Waals surface area contributed by atoms with E-state index in [4.69, 9.17) is 9.47 Å². The van der Waals surface area contributed by atoms with Gasteiger partial charge in [0.05, 0.1) is 18.1 Å².